The highest BCUT2D eigenvalue weighted by Crippen LogP contribution is 2.51. The van der Waals surface area contributed by atoms with E-state index in [1.54, 1.807) is 6.07 Å². The lowest BCUT2D eigenvalue weighted by atomic mass is 9.68. The first kappa shape index (κ1) is 38.5. The van der Waals surface area contributed by atoms with Gasteiger partial charge in [-0.25, -0.2) is 0 Å². The average Bonchev–Trinajstić information content (AvgIpc) is 3.96. The molecule has 306 valence electrons. The van der Waals surface area contributed by atoms with Crippen molar-refractivity contribution in [1.29, 1.82) is 0 Å². The van der Waals surface area contributed by atoms with Crippen LogP contribution in [0.2, 0.25) is 0 Å². The van der Waals surface area contributed by atoms with Gasteiger partial charge in [0.2, 0.25) is 0 Å². The molecule has 0 saturated heterocycles. The second-order valence-electron chi connectivity index (χ2n) is 18.1. The Bertz CT molecular complexity index is 2340. The number of fused-ring (bicyclic) bond motifs is 6. The zero-order chi connectivity index (χ0) is 40.6. The summed E-state index contributed by atoms with van der Waals surface area (Å²) in [6.45, 7) is 3.44. The summed E-state index contributed by atoms with van der Waals surface area (Å²) in [4.78, 5) is 19.2. The molecule has 2 bridgehead atoms. The molecule has 0 amide bonds. The Morgan fingerprint density at radius 3 is 2.76 bits per heavy atom. The molecule has 1 fully saturated rings. The Kier molecular flexibility index (Phi) is 9.83. The second kappa shape index (κ2) is 15.1. The highest BCUT2D eigenvalue weighted by molar-refractivity contribution is 5.89. The minimum atomic E-state index is -1.05. The van der Waals surface area contributed by atoms with E-state index >= 15 is 0 Å². The largest absolute Gasteiger partial charge is 0.508 e. The fourth-order valence-corrected chi connectivity index (χ4v) is 11.4. The fraction of sp³-hybridized carbons (Fsp3) is 0.500. The van der Waals surface area contributed by atoms with Gasteiger partial charge < -0.3 is 35.6 Å². The predicted molar refractivity (Wildman–Crippen MR) is 220 cm³/mol. The molecule has 2 aromatic carbocycles. The number of nitrogens with zero attached hydrogens (tertiary/aromatic N) is 1. The number of nitrogens with two attached hydrogens (primary N) is 1. The summed E-state index contributed by atoms with van der Waals surface area (Å²) in [5, 5.41) is 48.3. The quantitative estimate of drug-likeness (QED) is 0.170. The summed E-state index contributed by atoms with van der Waals surface area (Å²) in [5.41, 5.74) is 14.2. The van der Waals surface area contributed by atoms with Crippen molar-refractivity contribution in [2.45, 2.75) is 114 Å². The SMILES string of the molecule is C[C@H]1C=C[C@@H]([C@@H](O)CC(=O)CCc2cc3c(cc2O)OC#CC2(CCCC2)[C@@H]2C#C[C@H](O)c4ccc5c6c4[C@@H](CC[C@H]6CN[C@@H]5N)C4=C5C[NH+](C=C5N=C4)[C@H]2O3)[C@H](O)C1. The molecule has 3 aliphatic carbocycles. The normalized spacial score (nSPS) is 33.4. The maximum Gasteiger partial charge on any atom is 0.252 e. The summed E-state index contributed by atoms with van der Waals surface area (Å²) < 4.78 is 13.2. The molecule has 11 atom stereocenters. The van der Waals surface area contributed by atoms with Crippen molar-refractivity contribution in [2.24, 2.45) is 33.9 Å². The first-order valence-corrected chi connectivity index (χ1v) is 21.5. The third kappa shape index (κ3) is 6.73. The van der Waals surface area contributed by atoms with Gasteiger partial charge in [-0.05, 0) is 89.8 Å². The summed E-state index contributed by atoms with van der Waals surface area (Å²) in [6, 6.07) is 7.32. The molecule has 0 radical (unpaired) electrons. The van der Waals surface area contributed by atoms with E-state index in [2.05, 4.69) is 41.5 Å². The molecule has 11 nitrogen and oxygen atoms in total. The maximum absolute atomic E-state index is 13.2. The monoisotopic (exact) mass is 797 g/mol. The number of phenols is 1. The molecule has 5 aliphatic heterocycles. The molecule has 11 heteroatoms. The van der Waals surface area contributed by atoms with Crippen LogP contribution in [0.25, 0.3) is 0 Å². The van der Waals surface area contributed by atoms with Gasteiger partial charge in [-0.1, -0.05) is 61.8 Å². The van der Waals surface area contributed by atoms with Crippen LogP contribution in [0, 0.1) is 47.0 Å². The number of aliphatic hydroxyl groups is 3. The molecule has 10 rings (SSSR count). The molecular weight excluding hydrogens is 745 g/mol. The molecule has 0 aromatic heterocycles. The van der Waals surface area contributed by atoms with E-state index in [9.17, 15) is 25.2 Å². The summed E-state index contributed by atoms with van der Waals surface area (Å²) in [6.07, 6.45) is 13.6. The van der Waals surface area contributed by atoms with Crippen LogP contribution in [-0.4, -0.2) is 63.9 Å². The van der Waals surface area contributed by atoms with Crippen molar-refractivity contribution in [1.82, 2.24) is 5.32 Å². The smallest absolute Gasteiger partial charge is 0.252 e. The molecule has 8 N–H and O–H groups in total. The highest BCUT2D eigenvalue weighted by Gasteiger charge is 2.52. The zero-order valence-corrected chi connectivity index (χ0v) is 33.4. The van der Waals surface area contributed by atoms with Crippen LogP contribution >= 0.6 is 0 Å². The summed E-state index contributed by atoms with van der Waals surface area (Å²) in [7, 11) is 0. The Morgan fingerprint density at radius 2 is 1.93 bits per heavy atom. The van der Waals surface area contributed by atoms with Gasteiger partial charge in [0.05, 0.1) is 23.8 Å². The van der Waals surface area contributed by atoms with Crippen LogP contribution in [0.15, 0.2) is 64.5 Å². The van der Waals surface area contributed by atoms with Crippen molar-refractivity contribution < 1.29 is 39.6 Å². The van der Waals surface area contributed by atoms with E-state index in [-0.39, 0.29) is 54.5 Å². The van der Waals surface area contributed by atoms with E-state index in [0.717, 1.165) is 72.4 Å². The van der Waals surface area contributed by atoms with E-state index < -0.39 is 41.8 Å². The zero-order valence-electron chi connectivity index (χ0n) is 33.4. The van der Waals surface area contributed by atoms with Gasteiger partial charge in [-0.2, -0.15) is 0 Å². The highest BCUT2D eigenvalue weighted by atomic mass is 16.5. The number of nitrogens with one attached hydrogen (secondary N) is 2. The van der Waals surface area contributed by atoms with E-state index in [1.165, 1.54) is 22.8 Å². The minimum Gasteiger partial charge on any atom is -0.508 e. The summed E-state index contributed by atoms with van der Waals surface area (Å²) in [5.74, 6) is 10.5. The predicted octanol–water partition coefficient (Wildman–Crippen LogP) is 3.85. The van der Waals surface area contributed by atoms with Crippen LogP contribution in [0.4, 0.5) is 0 Å². The number of aryl methyl sites for hydroxylation is 1. The van der Waals surface area contributed by atoms with Crippen molar-refractivity contribution in [3.63, 3.8) is 0 Å². The van der Waals surface area contributed by atoms with Gasteiger partial charge in [0.15, 0.2) is 11.5 Å². The number of aliphatic hydroxyl groups excluding tert-OH is 3. The fourth-order valence-electron chi connectivity index (χ4n) is 11.4. The molecule has 1 spiro atoms. The number of ether oxygens (including phenoxy) is 2. The number of Topliss-reactive ketones (excluding diaryl/α,β-unsaturated/α-hetero) is 1. The molecule has 5 heterocycles. The van der Waals surface area contributed by atoms with E-state index in [0.29, 0.717) is 30.2 Å². The van der Waals surface area contributed by atoms with Gasteiger partial charge in [-0.15, -0.1) is 0 Å². The lowest BCUT2D eigenvalue weighted by Gasteiger charge is -2.41. The molecular formula is C48H53N4O7+. The number of rotatable bonds is 6. The number of aliphatic imine (C=N–C) groups is 1. The standard InChI is InChI=1S/C48H52N4O7/c1-26-4-8-31(40(56)18-26)41(57)20-29(53)7-5-27-19-43-42(21-39(27)55)58-17-16-48(14-2-3-15-48)36-12-13-38(54)32-10-11-33-44-28(22-51-46(33)49)6-9-30(45(32)44)34-23-50-37-25-52(24-35(34)37)47(36)59-43/h4,8,10-11,19,21,23,25-26,28,30-31,36,38,40-41,46-47,51,54-57H,2-3,5-7,9,14-15,18,20,22,24,49H2,1H3/p+1/t26-,28-,30-,31+,36+,38-,40+,41-,46-,47-/m0/s1. The first-order valence-electron chi connectivity index (χ1n) is 21.5. The molecule has 2 aromatic rings. The van der Waals surface area contributed by atoms with Gasteiger partial charge in [0.1, 0.15) is 48.1 Å². The molecule has 1 saturated carbocycles. The number of phenolic OH excluding ortho intramolecular Hbond substituents is 1. The van der Waals surface area contributed by atoms with E-state index in [4.69, 9.17) is 20.2 Å². The number of quaternary nitrogens is 1. The van der Waals surface area contributed by atoms with Crippen LogP contribution in [-0.2, 0) is 11.2 Å². The number of hydrogen-bond donors (Lipinski definition) is 7. The number of allylic oxidation sites excluding steroid dienone is 2. The van der Waals surface area contributed by atoms with Crippen LogP contribution in [0.5, 0.6) is 17.2 Å². The average molecular weight is 798 g/mol. The molecule has 1 unspecified atom stereocenters. The van der Waals surface area contributed by atoms with Crippen LogP contribution < -0.4 is 25.4 Å². The maximum atomic E-state index is 13.2. The van der Waals surface area contributed by atoms with Crippen molar-refractivity contribution in [2.75, 3.05) is 13.1 Å². The lowest BCUT2D eigenvalue weighted by molar-refractivity contribution is -0.891. The Labute approximate surface area is 345 Å². The van der Waals surface area contributed by atoms with Crippen molar-refractivity contribution in [3.8, 4) is 41.1 Å². The number of carbonyl (C=O) groups excluding carboxylic acids is 1. The van der Waals surface area contributed by atoms with E-state index in [1.807, 2.05) is 31.4 Å². The third-order valence-corrected chi connectivity index (χ3v) is 14.5. The number of hydrogen-bond acceptors (Lipinski definition) is 10. The lowest BCUT2D eigenvalue weighted by Crippen LogP contribution is -3.12. The van der Waals surface area contributed by atoms with Crippen molar-refractivity contribution >= 4 is 12.0 Å². The number of benzene rings is 2. The van der Waals surface area contributed by atoms with Gasteiger partial charge >= 0.3 is 0 Å². The number of ketones is 1. The second-order valence-corrected chi connectivity index (χ2v) is 18.1. The summed E-state index contributed by atoms with van der Waals surface area (Å²) >= 11 is 0. The Morgan fingerprint density at radius 1 is 1.10 bits per heavy atom. The Hall–Kier alpha value is -4.72. The number of carbonyl (C=O) groups is 1. The third-order valence-electron chi connectivity index (χ3n) is 14.5. The first-order chi connectivity index (χ1) is 28.6. The van der Waals surface area contributed by atoms with Crippen LogP contribution in [0.1, 0.15) is 117 Å². The molecule has 8 aliphatic rings. The van der Waals surface area contributed by atoms with Crippen LogP contribution in [0.3, 0.4) is 0 Å². The number of aromatic hydroxyl groups is 1. The topological polar surface area (TPSA) is 171 Å². The van der Waals surface area contributed by atoms with Gasteiger partial charge in [-0.3, -0.25) is 20.0 Å². The Balaban J connectivity index is 1.02. The van der Waals surface area contributed by atoms with Crippen molar-refractivity contribution in [3.05, 3.63) is 87.3 Å². The minimum absolute atomic E-state index is 0.0436. The molecule has 59 heavy (non-hydrogen) atoms. The van der Waals surface area contributed by atoms with Gasteiger partial charge in [0.25, 0.3) is 6.23 Å². The van der Waals surface area contributed by atoms with Gasteiger partial charge in [0, 0.05) is 49.1 Å².